The predicted molar refractivity (Wildman–Crippen MR) is 79.8 cm³/mol. The Morgan fingerprint density at radius 1 is 1.27 bits per heavy atom. The van der Waals surface area contributed by atoms with Gasteiger partial charge >= 0.3 is 6.18 Å². The molecule has 0 unspecified atom stereocenters. The lowest BCUT2D eigenvalue weighted by atomic mass is 10.3. The highest BCUT2D eigenvalue weighted by molar-refractivity contribution is 7.98. The second-order valence-corrected chi connectivity index (χ2v) is 5.28. The topological polar surface area (TPSA) is 69.6 Å². The van der Waals surface area contributed by atoms with Crippen molar-refractivity contribution in [1.29, 1.82) is 0 Å². The van der Waals surface area contributed by atoms with Crippen molar-refractivity contribution >= 4 is 24.2 Å². The number of nitrogens with two attached hydrogens (primary N) is 1. The van der Waals surface area contributed by atoms with Gasteiger partial charge in [0.25, 0.3) is 0 Å². The highest BCUT2D eigenvalue weighted by Gasteiger charge is 2.31. The second-order valence-electron chi connectivity index (χ2n) is 4.33. The van der Waals surface area contributed by atoms with Gasteiger partial charge in [0.05, 0.1) is 0 Å². The molecule has 2 aromatic rings. The molecule has 122 valence electrons. The molecule has 0 aliphatic heterocycles. The van der Waals surface area contributed by atoms with Crippen LogP contribution in [0.25, 0.3) is 0 Å². The predicted octanol–water partition coefficient (Wildman–Crippen LogP) is 2.44. The summed E-state index contributed by atoms with van der Waals surface area (Å²) in [5.41, 5.74) is 5.27. The molecule has 0 saturated carbocycles. The minimum Gasteiger partial charge on any atom is -0.330 e. The van der Waals surface area contributed by atoms with E-state index in [9.17, 15) is 13.2 Å². The van der Waals surface area contributed by atoms with Crippen LogP contribution in [0.5, 0.6) is 0 Å². The molecule has 0 aromatic carbocycles. The van der Waals surface area contributed by atoms with Gasteiger partial charge in [0.2, 0.25) is 0 Å². The van der Waals surface area contributed by atoms with E-state index in [1.54, 1.807) is 0 Å². The van der Waals surface area contributed by atoms with E-state index in [1.165, 1.54) is 24.0 Å². The van der Waals surface area contributed by atoms with Crippen molar-refractivity contribution in [2.75, 3.05) is 6.54 Å². The van der Waals surface area contributed by atoms with Gasteiger partial charge in [-0.15, -0.1) is 22.6 Å². The van der Waals surface area contributed by atoms with E-state index in [1.807, 2.05) is 11.6 Å². The zero-order valence-corrected chi connectivity index (χ0v) is 13.3. The average molecular weight is 354 g/mol. The van der Waals surface area contributed by atoms with E-state index in [0.29, 0.717) is 29.4 Å². The van der Waals surface area contributed by atoms with Crippen LogP contribution in [0.4, 0.5) is 13.2 Å². The standard InChI is InChI=1S/C12H14F3N5S.ClH/c1-20-10(4-5-16)18-19-11(20)21-7-8-2-3-9(17-6-8)12(13,14)15;/h2-3,6H,4-5,7,16H2,1H3;1H. The molecular formula is C12H15ClF3N5S. The molecule has 5 nitrogen and oxygen atoms in total. The number of aromatic nitrogens is 4. The van der Waals surface area contributed by atoms with Crippen LogP contribution < -0.4 is 5.73 Å². The van der Waals surface area contributed by atoms with E-state index < -0.39 is 11.9 Å². The molecule has 2 N–H and O–H groups in total. The van der Waals surface area contributed by atoms with E-state index in [0.717, 1.165) is 11.9 Å². The molecule has 0 amide bonds. The summed E-state index contributed by atoms with van der Waals surface area (Å²) >= 11 is 1.39. The van der Waals surface area contributed by atoms with Crippen molar-refractivity contribution < 1.29 is 13.2 Å². The van der Waals surface area contributed by atoms with Gasteiger partial charge in [-0.3, -0.25) is 4.98 Å². The summed E-state index contributed by atoms with van der Waals surface area (Å²) in [5, 5.41) is 8.73. The molecule has 0 radical (unpaired) electrons. The van der Waals surface area contributed by atoms with Crippen LogP contribution in [0.1, 0.15) is 17.1 Å². The highest BCUT2D eigenvalue weighted by atomic mass is 35.5. The maximum absolute atomic E-state index is 12.4. The first kappa shape index (κ1) is 18.7. The molecule has 0 aliphatic rings. The summed E-state index contributed by atoms with van der Waals surface area (Å²) in [5.74, 6) is 1.25. The van der Waals surface area contributed by atoms with Crippen molar-refractivity contribution in [3.63, 3.8) is 0 Å². The third-order valence-electron chi connectivity index (χ3n) is 2.78. The Kier molecular flexibility index (Phi) is 6.64. The fourth-order valence-corrected chi connectivity index (χ4v) is 2.51. The number of rotatable bonds is 5. The van der Waals surface area contributed by atoms with Gasteiger partial charge < -0.3 is 10.3 Å². The lowest BCUT2D eigenvalue weighted by Gasteiger charge is -2.06. The van der Waals surface area contributed by atoms with Crippen LogP contribution in [0.3, 0.4) is 0 Å². The number of hydrogen-bond donors (Lipinski definition) is 1. The number of pyridine rings is 1. The molecular weight excluding hydrogens is 339 g/mol. The van der Waals surface area contributed by atoms with Gasteiger partial charge in [-0.05, 0) is 18.2 Å². The molecule has 0 atom stereocenters. The minimum absolute atomic E-state index is 0. The second kappa shape index (κ2) is 7.80. The molecule has 10 heteroatoms. The SMILES string of the molecule is Cl.Cn1c(CCN)nnc1SCc1ccc(C(F)(F)F)nc1. The van der Waals surface area contributed by atoms with Crippen LogP contribution in [0.2, 0.25) is 0 Å². The smallest absolute Gasteiger partial charge is 0.330 e. The third kappa shape index (κ3) is 4.59. The number of halogens is 4. The van der Waals surface area contributed by atoms with Crippen molar-refractivity contribution in [1.82, 2.24) is 19.7 Å². The lowest BCUT2D eigenvalue weighted by Crippen LogP contribution is -2.08. The summed E-state index contributed by atoms with van der Waals surface area (Å²) in [4.78, 5) is 3.42. The lowest BCUT2D eigenvalue weighted by molar-refractivity contribution is -0.141. The summed E-state index contributed by atoms with van der Waals surface area (Å²) in [7, 11) is 1.83. The third-order valence-corrected chi connectivity index (χ3v) is 3.87. The van der Waals surface area contributed by atoms with Crippen LogP contribution >= 0.6 is 24.2 Å². The molecule has 0 saturated heterocycles. The first-order chi connectivity index (χ1) is 9.91. The van der Waals surface area contributed by atoms with Gasteiger partial charge in [0.15, 0.2) is 5.16 Å². The molecule has 0 spiro atoms. The number of hydrogen-bond acceptors (Lipinski definition) is 5. The Labute approximate surface area is 135 Å². The fourth-order valence-electron chi connectivity index (χ4n) is 1.64. The van der Waals surface area contributed by atoms with Crippen molar-refractivity contribution in [2.24, 2.45) is 12.8 Å². The molecule has 22 heavy (non-hydrogen) atoms. The number of thioether (sulfide) groups is 1. The Morgan fingerprint density at radius 2 is 2.00 bits per heavy atom. The van der Waals surface area contributed by atoms with E-state index in [2.05, 4.69) is 15.2 Å². The summed E-state index contributed by atoms with van der Waals surface area (Å²) in [6.07, 6.45) is -2.55. The van der Waals surface area contributed by atoms with E-state index in [-0.39, 0.29) is 12.4 Å². The quantitative estimate of drug-likeness (QED) is 0.836. The molecule has 2 aromatic heterocycles. The summed E-state index contributed by atoms with van der Waals surface area (Å²) in [6.45, 7) is 0.486. The van der Waals surface area contributed by atoms with Gasteiger partial charge in [-0.25, -0.2) is 0 Å². The Balaban J connectivity index is 0.00000242. The van der Waals surface area contributed by atoms with Gasteiger partial charge in [0, 0.05) is 25.4 Å². The highest BCUT2D eigenvalue weighted by Crippen LogP contribution is 2.28. The Morgan fingerprint density at radius 3 is 2.55 bits per heavy atom. The Bertz CT molecular complexity index is 600. The van der Waals surface area contributed by atoms with Gasteiger partial charge in [-0.2, -0.15) is 13.2 Å². The van der Waals surface area contributed by atoms with E-state index in [4.69, 9.17) is 5.73 Å². The largest absolute Gasteiger partial charge is 0.433 e. The van der Waals surface area contributed by atoms with Crippen LogP contribution in [-0.4, -0.2) is 26.3 Å². The zero-order chi connectivity index (χ0) is 15.5. The molecule has 2 rings (SSSR count). The average Bonchev–Trinajstić information content (AvgIpc) is 2.78. The van der Waals surface area contributed by atoms with Crippen LogP contribution in [0, 0.1) is 0 Å². The molecule has 0 fully saturated rings. The van der Waals surface area contributed by atoms with Gasteiger partial charge in [-0.1, -0.05) is 17.8 Å². The van der Waals surface area contributed by atoms with Crippen molar-refractivity contribution in [3.05, 3.63) is 35.4 Å². The van der Waals surface area contributed by atoms with E-state index >= 15 is 0 Å². The monoisotopic (exact) mass is 353 g/mol. The van der Waals surface area contributed by atoms with Gasteiger partial charge in [0.1, 0.15) is 11.5 Å². The molecule has 0 bridgehead atoms. The molecule has 0 aliphatic carbocycles. The first-order valence-corrected chi connectivity index (χ1v) is 7.13. The van der Waals surface area contributed by atoms with Crippen LogP contribution in [0.15, 0.2) is 23.5 Å². The minimum atomic E-state index is -4.41. The normalized spacial score (nSPS) is 11.3. The molecule has 2 heterocycles. The Hall–Kier alpha value is -1.32. The summed E-state index contributed by atoms with van der Waals surface area (Å²) < 4.78 is 39.0. The van der Waals surface area contributed by atoms with Crippen LogP contribution in [-0.2, 0) is 25.4 Å². The maximum atomic E-state index is 12.4. The number of alkyl halides is 3. The summed E-state index contributed by atoms with van der Waals surface area (Å²) in [6, 6.07) is 2.40. The van der Waals surface area contributed by atoms with Crippen molar-refractivity contribution in [3.8, 4) is 0 Å². The number of nitrogens with zero attached hydrogens (tertiary/aromatic N) is 4. The maximum Gasteiger partial charge on any atom is 0.433 e. The fraction of sp³-hybridized carbons (Fsp3) is 0.417. The zero-order valence-electron chi connectivity index (χ0n) is 11.7. The first-order valence-electron chi connectivity index (χ1n) is 6.15. The van der Waals surface area contributed by atoms with Crippen molar-refractivity contribution in [2.45, 2.75) is 23.5 Å².